The Labute approximate surface area is 150 Å². The van der Waals surface area contributed by atoms with Crippen LogP contribution >= 0.6 is 0 Å². The number of nitrogens with zero attached hydrogens (tertiary/aromatic N) is 4. The van der Waals surface area contributed by atoms with Gasteiger partial charge in [-0.1, -0.05) is 6.07 Å². The fourth-order valence-electron chi connectivity index (χ4n) is 2.83. The first-order chi connectivity index (χ1) is 12.6. The molecule has 26 heavy (non-hydrogen) atoms. The zero-order chi connectivity index (χ0) is 18.1. The van der Waals surface area contributed by atoms with E-state index in [1.165, 1.54) is 0 Å². The van der Waals surface area contributed by atoms with Crippen LogP contribution in [-0.2, 0) is 11.3 Å². The summed E-state index contributed by atoms with van der Waals surface area (Å²) in [5.41, 5.74) is 5.12. The summed E-state index contributed by atoms with van der Waals surface area (Å²) < 4.78 is 9.13. The van der Waals surface area contributed by atoms with Crippen LogP contribution in [-0.4, -0.2) is 25.1 Å². The number of pyridine rings is 1. The van der Waals surface area contributed by atoms with Crippen LogP contribution in [0.2, 0.25) is 0 Å². The number of carbonyl (C=O) groups is 1. The average molecular weight is 346 g/mol. The van der Waals surface area contributed by atoms with Crippen molar-refractivity contribution in [2.45, 2.75) is 20.5 Å². The normalized spacial score (nSPS) is 11.0. The molecular weight excluding hydrogens is 328 g/mol. The Morgan fingerprint density at radius 3 is 2.58 bits per heavy atom. The molecule has 0 atom stereocenters. The van der Waals surface area contributed by atoms with Crippen LogP contribution in [0.5, 0.6) is 0 Å². The minimum Gasteiger partial charge on any atom is -0.456 e. The molecule has 3 aromatic heterocycles. The summed E-state index contributed by atoms with van der Waals surface area (Å²) in [5, 5.41) is 4.25. The molecule has 3 heterocycles. The van der Waals surface area contributed by atoms with Crippen LogP contribution in [0.1, 0.15) is 27.3 Å². The molecule has 0 unspecified atom stereocenters. The van der Waals surface area contributed by atoms with E-state index in [9.17, 15) is 4.79 Å². The number of fused-ring (bicyclic) bond motifs is 1. The highest BCUT2D eigenvalue weighted by Gasteiger charge is 2.10. The first-order valence-electron chi connectivity index (χ1n) is 8.32. The second-order valence-corrected chi connectivity index (χ2v) is 6.21. The first-order valence-corrected chi connectivity index (χ1v) is 8.32. The lowest BCUT2D eigenvalue weighted by atomic mass is 10.2. The molecule has 0 bridgehead atoms. The third-order valence-corrected chi connectivity index (χ3v) is 4.18. The third kappa shape index (κ3) is 3.09. The van der Waals surface area contributed by atoms with Crippen molar-refractivity contribution in [3.63, 3.8) is 0 Å². The molecule has 0 amide bonds. The van der Waals surface area contributed by atoms with Crippen LogP contribution in [0.15, 0.2) is 61.1 Å². The quantitative estimate of drug-likeness (QED) is 0.531. The lowest BCUT2D eigenvalue weighted by molar-refractivity contribution is 0.0468. The number of hydrogen-bond donors (Lipinski definition) is 0. The summed E-state index contributed by atoms with van der Waals surface area (Å²) in [5.74, 6) is -0.373. The number of aryl methyl sites for hydroxylation is 2. The van der Waals surface area contributed by atoms with Gasteiger partial charge in [-0.3, -0.25) is 0 Å². The monoisotopic (exact) mass is 346 g/mol. The molecule has 0 radical (unpaired) electrons. The molecule has 0 aliphatic carbocycles. The van der Waals surface area contributed by atoms with Crippen LogP contribution in [0.3, 0.4) is 0 Å². The van der Waals surface area contributed by atoms with Crippen LogP contribution in [0.25, 0.3) is 11.3 Å². The topological polar surface area (TPSA) is 61.4 Å². The molecule has 4 aromatic rings. The SMILES string of the molecule is Cc1ccc2nc(COC(=O)c3ccc(-n4nccc4C)cc3)cn2c1. The predicted molar refractivity (Wildman–Crippen MR) is 97.3 cm³/mol. The zero-order valence-corrected chi connectivity index (χ0v) is 14.6. The number of carbonyl (C=O) groups excluding carboxylic acids is 1. The summed E-state index contributed by atoms with van der Waals surface area (Å²) in [6, 6.07) is 13.1. The number of hydrogen-bond acceptors (Lipinski definition) is 4. The standard InChI is InChI=1S/C20H18N4O2/c1-14-3-8-19-22-17(12-23(19)11-14)13-26-20(25)16-4-6-18(7-5-16)24-15(2)9-10-21-24/h3-12H,13H2,1-2H3. The van der Waals surface area contributed by atoms with Gasteiger partial charge in [0.05, 0.1) is 16.9 Å². The van der Waals surface area contributed by atoms with E-state index < -0.39 is 0 Å². The highest BCUT2D eigenvalue weighted by molar-refractivity contribution is 5.89. The fourth-order valence-corrected chi connectivity index (χ4v) is 2.83. The minimum atomic E-state index is -0.373. The first kappa shape index (κ1) is 16.1. The molecule has 6 heteroatoms. The molecule has 1 aromatic carbocycles. The lowest BCUT2D eigenvalue weighted by Crippen LogP contribution is -2.06. The van der Waals surface area contributed by atoms with Gasteiger partial charge in [-0.05, 0) is 55.8 Å². The minimum absolute atomic E-state index is 0.138. The molecule has 130 valence electrons. The average Bonchev–Trinajstić information content (AvgIpc) is 3.25. The second kappa shape index (κ2) is 6.48. The summed E-state index contributed by atoms with van der Waals surface area (Å²) in [6.07, 6.45) is 5.61. The van der Waals surface area contributed by atoms with Crippen molar-refractivity contribution in [3.05, 3.63) is 83.6 Å². The van der Waals surface area contributed by atoms with Crippen molar-refractivity contribution in [1.29, 1.82) is 0 Å². The van der Waals surface area contributed by atoms with Crippen molar-refractivity contribution >= 4 is 11.6 Å². The van der Waals surface area contributed by atoms with Gasteiger partial charge in [-0.2, -0.15) is 5.10 Å². The van der Waals surface area contributed by atoms with Gasteiger partial charge in [0.15, 0.2) is 0 Å². The Kier molecular flexibility index (Phi) is 4.01. The van der Waals surface area contributed by atoms with Gasteiger partial charge in [0.1, 0.15) is 12.3 Å². The smallest absolute Gasteiger partial charge is 0.338 e. The number of imidazole rings is 1. The van der Waals surface area contributed by atoms with E-state index >= 15 is 0 Å². The fraction of sp³-hybridized carbons (Fsp3) is 0.150. The lowest BCUT2D eigenvalue weighted by Gasteiger charge is -2.06. The molecule has 0 N–H and O–H groups in total. The maximum Gasteiger partial charge on any atom is 0.338 e. The molecule has 0 aliphatic heterocycles. The molecule has 6 nitrogen and oxygen atoms in total. The summed E-state index contributed by atoms with van der Waals surface area (Å²) in [4.78, 5) is 16.7. The van der Waals surface area contributed by atoms with E-state index in [4.69, 9.17) is 4.74 Å². The van der Waals surface area contributed by atoms with Gasteiger partial charge in [0.2, 0.25) is 0 Å². The Bertz CT molecular complexity index is 1080. The summed E-state index contributed by atoms with van der Waals surface area (Å²) >= 11 is 0. The summed E-state index contributed by atoms with van der Waals surface area (Å²) in [7, 11) is 0. The van der Waals surface area contributed by atoms with Gasteiger partial charge < -0.3 is 9.14 Å². The van der Waals surface area contributed by atoms with E-state index in [0.29, 0.717) is 11.3 Å². The highest BCUT2D eigenvalue weighted by Crippen LogP contribution is 2.13. The number of esters is 1. The van der Waals surface area contributed by atoms with Crippen molar-refractivity contribution in [2.24, 2.45) is 0 Å². The van der Waals surface area contributed by atoms with Crippen molar-refractivity contribution in [1.82, 2.24) is 19.2 Å². The Morgan fingerprint density at radius 2 is 1.85 bits per heavy atom. The number of benzene rings is 1. The molecule has 0 saturated heterocycles. The van der Waals surface area contributed by atoms with Crippen LogP contribution in [0, 0.1) is 13.8 Å². The number of ether oxygens (including phenoxy) is 1. The molecular formula is C20H18N4O2. The Hall–Kier alpha value is -3.41. The van der Waals surface area contributed by atoms with Gasteiger partial charge in [0.25, 0.3) is 0 Å². The van der Waals surface area contributed by atoms with Gasteiger partial charge in [0, 0.05) is 24.3 Å². The maximum atomic E-state index is 12.3. The van der Waals surface area contributed by atoms with E-state index in [1.807, 2.05) is 65.7 Å². The van der Waals surface area contributed by atoms with Crippen molar-refractivity contribution in [3.8, 4) is 5.69 Å². The largest absolute Gasteiger partial charge is 0.456 e. The van der Waals surface area contributed by atoms with Crippen LogP contribution < -0.4 is 0 Å². The molecule has 0 spiro atoms. The maximum absolute atomic E-state index is 12.3. The number of rotatable bonds is 4. The molecule has 0 aliphatic rings. The predicted octanol–water partition coefficient (Wildman–Crippen LogP) is 3.49. The van der Waals surface area contributed by atoms with E-state index in [0.717, 1.165) is 22.6 Å². The highest BCUT2D eigenvalue weighted by atomic mass is 16.5. The van der Waals surface area contributed by atoms with E-state index in [-0.39, 0.29) is 12.6 Å². The third-order valence-electron chi connectivity index (χ3n) is 4.18. The van der Waals surface area contributed by atoms with Crippen molar-refractivity contribution in [2.75, 3.05) is 0 Å². The zero-order valence-electron chi connectivity index (χ0n) is 14.6. The Morgan fingerprint density at radius 1 is 1.04 bits per heavy atom. The Balaban J connectivity index is 1.45. The molecule has 0 fully saturated rings. The van der Waals surface area contributed by atoms with Gasteiger partial charge in [-0.25, -0.2) is 14.5 Å². The molecule has 0 saturated carbocycles. The molecule has 4 rings (SSSR count). The van der Waals surface area contributed by atoms with E-state index in [1.54, 1.807) is 18.3 Å². The number of aromatic nitrogens is 4. The van der Waals surface area contributed by atoms with Crippen molar-refractivity contribution < 1.29 is 9.53 Å². The van der Waals surface area contributed by atoms with Gasteiger partial charge >= 0.3 is 5.97 Å². The second-order valence-electron chi connectivity index (χ2n) is 6.21. The van der Waals surface area contributed by atoms with Crippen LogP contribution in [0.4, 0.5) is 0 Å². The summed E-state index contributed by atoms with van der Waals surface area (Å²) in [6.45, 7) is 4.14. The van der Waals surface area contributed by atoms with E-state index in [2.05, 4.69) is 10.1 Å². The van der Waals surface area contributed by atoms with Gasteiger partial charge in [-0.15, -0.1) is 0 Å².